The minimum atomic E-state index is -0.831. The van der Waals surface area contributed by atoms with E-state index in [1.165, 1.54) is 43.4 Å². The Hall–Kier alpha value is -1.76. The number of likely N-dealkylation sites (tertiary alicyclic amines) is 1. The number of hydrogen-bond donors (Lipinski definition) is 2. The first-order chi connectivity index (χ1) is 14.5. The van der Waals surface area contributed by atoms with E-state index < -0.39 is 11.9 Å². The predicted molar refractivity (Wildman–Crippen MR) is 111 cm³/mol. The molecule has 30 heavy (non-hydrogen) atoms. The molecule has 7 nitrogen and oxygen atoms in total. The number of amides is 4. The van der Waals surface area contributed by atoms with Crippen LogP contribution < -0.4 is 11.1 Å². The molecule has 6 unspecified atom stereocenters. The van der Waals surface area contributed by atoms with Crippen molar-refractivity contribution in [1.29, 1.82) is 0 Å². The first-order valence-corrected chi connectivity index (χ1v) is 11.9. The Labute approximate surface area is 178 Å². The lowest BCUT2D eigenvalue weighted by Crippen LogP contribution is -2.54. The highest BCUT2D eigenvalue weighted by atomic mass is 16.2. The Morgan fingerprint density at radius 3 is 2.17 bits per heavy atom. The average Bonchev–Trinajstić information content (AvgIpc) is 2.97. The second-order valence-electron chi connectivity index (χ2n) is 9.83. The lowest BCUT2D eigenvalue weighted by Gasteiger charge is -2.38. The molecule has 0 radical (unpaired) electrons. The number of fused-ring (bicyclic) bond motifs is 1. The fraction of sp³-hybridized carbons (Fsp3) is 0.826. The summed E-state index contributed by atoms with van der Waals surface area (Å²) in [5, 5.41) is 2.28. The van der Waals surface area contributed by atoms with E-state index >= 15 is 0 Å². The summed E-state index contributed by atoms with van der Waals surface area (Å²) in [6.45, 7) is 0. The fourth-order valence-electron chi connectivity index (χ4n) is 6.34. The number of hydrogen-bond acceptors (Lipinski definition) is 5. The molecule has 3 N–H and O–H groups in total. The smallest absolute Gasteiger partial charge is 0.249 e. The maximum absolute atomic E-state index is 13.2. The number of nitrogens with one attached hydrogen (secondary N) is 1. The summed E-state index contributed by atoms with van der Waals surface area (Å²) >= 11 is 0. The number of rotatable bonds is 2. The molecular formula is C23H35N3O4. The normalized spacial score (nSPS) is 38.9. The van der Waals surface area contributed by atoms with Gasteiger partial charge in [-0.05, 0) is 50.4 Å². The van der Waals surface area contributed by atoms with Crippen molar-refractivity contribution in [2.24, 2.45) is 29.4 Å². The van der Waals surface area contributed by atoms with Gasteiger partial charge >= 0.3 is 0 Å². The Kier molecular flexibility index (Phi) is 6.56. The molecule has 0 aromatic heterocycles. The Bertz CT molecular complexity index is 709. The molecule has 0 aromatic rings. The summed E-state index contributed by atoms with van der Waals surface area (Å²) in [7, 11) is 0. The van der Waals surface area contributed by atoms with Crippen LogP contribution in [0.2, 0.25) is 0 Å². The molecule has 4 fully saturated rings. The van der Waals surface area contributed by atoms with Crippen molar-refractivity contribution in [3.63, 3.8) is 0 Å². The number of imide groups is 2. The second-order valence-corrected chi connectivity index (χ2v) is 9.83. The van der Waals surface area contributed by atoms with Gasteiger partial charge < -0.3 is 5.73 Å². The van der Waals surface area contributed by atoms with Crippen LogP contribution >= 0.6 is 0 Å². The number of piperidine rings is 1. The number of nitrogens with zero attached hydrogens (tertiary/aromatic N) is 1. The van der Waals surface area contributed by atoms with Gasteiger partial charge in [-0.25, -0.2) is 0 Å². The SMILES string of the molecule is NC1CCCCCCCCC1C1CCC2C(=O)N(C3CCC(=O)NC3=O)C(=O)C2C1. The third kappa shape index (κ3) is 4.18. The summed E-state index contributed by atoms with van der Waals surface area (Å²) in [4.78, 5) is 51.2. The largest absolute Gasteiger partial charge is 0.327 e. The fourth-order valence-corrected chi connectivity index (χ4v) is 6.34. The van der Waals surface area contributed by atoms with Crippen molar-refractivity contribution in [2.45, 2.75) is 95.6 Å². The third-order valence-corrected chi connectivity index (χ3v) is 8.00. The summed E-state index contributed by atoms with van der Waals surface area (Å²) in [6, 6.07) is -0.661. The zero-order valence-corrected chi connectivity index (χ0v) is 17.8. The van der Waals surface area contributed by atoms with Gasteiger partial charge in [0, 0.05) is 12.5 Å². The molecule has 2 aliphatic heterocycles. The van der Waals surface area contributed by atoms with E-state index in [2.05, 4.69) is 5.32 Å². The van der Waals surface area contributed by atoms with E-state index in [1.54, 1.807) is 0 Å². The molecule has 2 heterocycles. The molecule has 4 rings (SSSR count). The van der Waals surface area contributed by atoms with E-state index in [9.17, 15) is 19.2 Å². The van der Waals surface area contributed by atoms with Gasteiger partial charge in [-0.15, -0.1) is 0 Å². The van der Waals surface area contributed by atoms with Crippen molar-refractivity contribution in [3.8, 4) is 0 Å². The van der Waals surface area contributed by atoms with Crippen LogP contribution in [0.3, 0.4) is 0 Å². The van der Waals surface area contributed by atoms with Gasteiger partial charge in [-0.3, -0.25) is 29.4 Å². The minimum Gasteiger partial charge on any atom is -0.327 e. The van der Waals surface area contributed by atoms with Crippen molar-refractivity contribution in [1.82, 2.24) is 10.2 Å². The standard InChI is InChI=1S/C23H35N3O4/c24-18-8-6-4-2-1-3-5-7-15(18)14-9-10-16-17(13-14)23(30)26(22(16)29)19-11-12-20(27)25-21(19)28/h14-19H,1-13,24H2,(H,25,27,28). The minimum absolute atomic E-state index is 0.169. The summed E-state index contributed by atoms with van der Waals surface area (Å²) < 4.78 is 0. The Balaban J connectivity index is 1.46. The molecular weight excluding hydrogens is 382 g/mol. The molecule has 4 amide bonds. The monoisotopic (exact) mass is 417 g/mol. The van der Waals surface area contributed by atoms with Crippen molar-refractivity contribution in [3.05, 3.63) is 0 Å². The molecule has 0 spiro atoms. The van der Waals surface area contributed by atoms with Crippen LogP contribution in [-0.2, 0) is 19.2 Å². The lowest BCUT2D eigenvalue weighted by molar-refractivity contribution is -0.151. The van der Waals surface area contributed by atoms with Crippen LogP contribution in [0.25, 0.3) is 0 Å². The molecule has 0 bridgehead atoms. The van der Waals surface area contributed by atoms with E-state index in [0.717, 1.165) is 19.3 Å². The summed E-state index contributed by atoms with van der Waals surface area (Å²) in [5.74, 6) is -1.13. The zero-order chi connectivity index (χ0) is 21.3. The van der Waals surface area contributed by atoms with Crippen LogP contribution in [0.4, 0.5) is 0 Å². The van der Waals surface area contributed by atoms with Gasteiger partial charge in [-0.2, -0.15) is 0 Å². The molecule has 166 valence electrons. The second kappa shape index (κ2) is 9.16. The summed E-state index contributed by atoms with van der Waals surface area (Å²) in [5.41, 5.74) is 6.63. The first-order valence-electron chi connectivity index (χ1n) is 11.9. The lowest BCUT2D eigenvalue weighted by atomic mass is 9.67. The van der Waals surface area contributed by atoms with E-state index in [1.807, 2.05) is 0 Å². The molecule has 0 aromatic carbocycles. The van der Waals surface area contributed by atoms with Crippen LogP contribution in [0.15, 0.2) is 0 Å². The van der Waals surface area contributed by atoms with E-state index in [0.29, 0.717) is 24.7 Å². The van der Waals surface area contributed by atoms with Crippen molar-refractivity contribution in [2.75, 3.05) is 0 Å². The van der Waals surface area contributed by atoms with Crippen LogP contribution in [0, 0.1) is 23.7 Å². The highest BCUT2D eigenvalue weighted by Crippen LogP contribution is 2.46. The quantitative estimate of drug-likeness (QED) is 0.670. The molecule has 2 aliphatic carbocycles. The van der Waals surface area contributed by atoms with Crippen molar-refractivity contribution >= 4 is 23.6 Å². The van der Waals surface area contributed by atoms with Gasteiger partial charge in [0.05, 0.1) is 11.8 Å². The number of carbonyl (C=O) groups is 4. The van der Waals surface area contributed by atoms with E-state index in [4.69, 9.17) is 5.73 Å². The van der Waals surface area contributed by atoms with Gasteiger partial charge in [0.15, 0.2) is 0 Å². The molecule has 2 saturated heterocycles. The zero-order valence-electron chi connectivity index (χ0n) is 17.8. The number of carbonyl (C=O) groups excluding carboxylic acids is 4. The van der Waals surface area contributed by atoms with E-state index in [-0.39, 0.29) is 48.4 Å². The average molecular weight is 418 g/mol. The van der Waals surface area contributed by atoms with Gasteiger partial charge in [-0.1, -0.05) is 38.5 Å². The number of nitrogens with two attached hydrogens (primary N) is 1. The first kappa shape index (κ1) is 21.5. The van der Waals surface area contributed by atoms with Gasteiger partial charge in [0.25, 0.3) is 0 Å². The molecule has 6 atom stereocenters. The molecule has 4 aliphatic rings. The van der Waals surface area contributed by atoms with Crippen LogP contribution in [0.5, 0.6) is 0 Å². The third-order valence-electron chi connectivity index (χ3n) is 8.00. The maximum Gasteiger partial charge on any atom is 0.249 e. The van der Waals surface area contributed by atoms with Crippen LogP contribution in [-0.4, -0.2) is 40.6 Å². The topological polar surface area (TPSA) is 110 Å². The van der Waals surface area contributed by atoms with Gasteiger partial charge in [0.2, 0.25) is 23.6 Å². The highest BCUT2D eigenvalue weighted by Gasteiger charge is 2.54. The summed E-state index contributed by atoms with van der Waals surface area (Å²) in [6.07, 6.45) is 12.4. The predicted octanol–water partition coefficient (Wildman–Crippen LogP) is 2.27. The Morgan fingerprint density at radius 1 is 0.767 bits per heavy atom. The van der Waals surface area contributed by atoms with Crippen molar-refractivity contribution < 1.29 is 19.2 Å². The maximum atomic E-state index is 13.2. The Morgan fingerprint density at radius 2 is 1.43 bits per heavy atom. The van der Waals surface area contributed by atoms with Crippen LogP contribution in [0.1, 0.15) is 83.5 Å². The highest BCUT2D eigenvalue weighted by molar-refractivity contribution is 6.10. The molecule has 7 heteroatoms. The molecule has 2 saturated carbocycles. The van der Waals surface area contributed by atoms with Gasteiger partial charge in [0.1, 0.15) is 6.04 Å².